The number of unbranched alkanes of at least 4 members (excludes halogenated alkanes) is 1. The minimum absolute atomic E-state index is 0.0227. The number of esters is 1. The summed E-state index contributed by atoms with van der Waals surface area (Å²) in [4.78, 5) is 24.9. The summed E-state index contributed by atoms with van der Waals surface area (Å²) < 4.78 is 16.4. The molecule has 29 heavy (non-hydrogen) atoms. The van der Waals surface area contributed by atoms with Crippen molar-refractivity contribution in [3.05, 3.63) is 29.8 Å². The molecule has 0 radical (unpaired) electrons. The van der Waals surface area contributed by atoms with Gasteiger partial charge in [0.05, 0.1) is 18.5 Å². The normalized spacial score (nSPS) is 17.7. The fourth-order valence-corrected chi connectivity index (χ4v) is 3.92. The first-order chi connectivity index (χ1) is 14.1. The highest BCUT2D eigenvalue weighted by molar-refractivity contribution is 8.00. The number of ether oxygens (including phenoxy) is 3. The van der Waals surface area contributed by atoms with Crippen molar-refractivity contribution < 1.29 is 23.8 Å². The average molecular weight is 423 g/mol. The van der Waals surface area contributed by atoms with Gasteiger partial charge in [0.1, 0.15) is 6.42 Å². The second-order valence-electron chi connectivity index (χ2n) is 7.39. The van der Waals surface area contributed by atoms with E-state index in [-0.39, 0.29) is 23.7 Å². The van der Waals surface area contributed by atoms with Gasteiger partial charge in [-0.25, -0.2) is 0 Å². The van der Waals surface area contributed by atoms with E-state index in [2.05, 4.69) is 12.1 Å². The van der Waals surface area contributed by atoms with Crippen LogP contribution in [-0.4, -0.2) is 43.1 Å². The molecule has 0 spiro atoms. The molecule has 1 aliphatic heterocycles. The van der Waals surface area contributed by atoms with Gasteiger partial charge in [-0.05, 0) is 63.1 Å². The Hall–Kier alpha value is -1.37. The van der Waals surface area contributed by atoms with E-state index in [1.54, 1.807) is 0 Å². The van der Waals surface area contributed by atoms with E-state index in [1.165, 1.54) is 23.7 Å². The zero-order chi connectivity index (χ0) is 20.9. The van der Waals surface area contributed by atoms with E-state index >= 15 is 0 Å². The summed E-state index contributed by atoms with van der Waals surface area (Å²) in [5.74, 6) is -0.519. The maximum absolute atomic E-state index is 12.2. The van der Waals surface area contributed by atoms with Crippen molar-refractivity contribution in [2.45, 2.75) is 81.6 Å². The largest absolute Gasteiger partial charge is 0.465 e. The maximum atomic E-state index is 12.2. The first kappa shape index (κ1) is 23.9. The molecule has 0 aromatic heterocycles. The third-order valence-electron chi connectivity index (χ3n) is 4.82. The molecule has 1 saturated heterocycles. The zero-order valence-corrected chi connectivity index (χ0v) is 18.5. The number of carbonyl (C=O) groups is 2. The number of thioether (sulfide) groups is 1. The maximum Gasteiger partial charge on any atom is 0.313 e. The Morgan fingerprint density at radius 1 is 1.17 bits per heavy atom. The molecule has 2 unspecified atom stereocenters. The van der Waals surface area contributed by atoms with Gasteiger partial charge in [-0.15, -0.1) is 11.8 Å². The number of benzene rings is 1. The average Bonchev–Trinajstić information content (AvgIpc) is 2.73. The molecule has 1 aliphatic rings. The summed E-state index contributed by atoms with van der Waals surface area (Å²) in [6.07, 6.45) is 6.85. The minimum Gasteiger partial charge on any atom is -0.465 e. The SMILES string of the molecule is CCCCOC(=O)CC(=O)C(C)Sc1ccc(CCCOC2CCCCO2)cc1. The van der Waals surface area contributed by atoms with Crippen molar-refractivity contribution in [3.8, 4) is 0 Å². The number of hydrogen-bond donors (Lipinski definition) is 0. The summed E-state index contributed by atoms with van der Waals surface area (Å²) in [7, 11) is 0. The standard InChI is InChI=1S/C23H34O5S/c1-3-4-14-26-22(25)17-21(24)18(2)29-20-12-10-19(11-13-20)8-7-16-28-23-9-5-6-15-27-23/h10-13,18,23H,3-9,14-17H2,1-2H3. The van der Waals surface area contributed by atoms with Crippen molar-refractivity contribution in [2.75, 3.05) is 19.8 Å². The van der Waals surface area contributed by atoms with E-state index in [0.29, 0.717) is 13.2 Å². The molecule has 0 amide bonds. The van der Waals surface area contributed by atoms with Crippen LogP contribution in [0.15, 0.2) is 29.2 Å². The van der Waals surface area contributed by atoms with Gasteiger partial charge in [0.2, 0.25) is 0 Å². The van der Waals surface area contributed by atoms with E-state index in [9.17, 15) is 9.59 Å². The zero-order valence-electron chi connectivity index (χ0n) is 17.7. The highest BCUT2D eigenvalue weighted by Gasteiger charge is 2.19. The number of rotatable bonds is 13. The molecule has 1 heterocycles. The van der Waals surface area contributed by atoms with Crippen LogP contribution in [0.1, 0.15) is 64.4 Å². The quantitative estimate of drug-likeness (QED) is 0.194. The Morgan fingerprint density at radius 2 is 1.97 bits per heavy atom. The van der Waals surface area contributed by atoms with E-state index in [1.807, 2.05) is 26.0 Å². The van der Waals surface area contributed by atoms with Crippen molar-refractivity contribution in [3.63, 3.8) is 0 Å². The molecule has 0 saturated carbocycles. The molecule has 1 fully saturated rings. The smallest absolute Gasteiger partial charge is 0.313 e. The molecule has 1 aromatic carbocycles. The van der Waals surface area contributed by atoms with Crippen molar-refractivity contribution in [1.29, 1.82) is 0 Å². The Balaban J connectivity index is 1.65. The van der Waals surface area contributed by atoms with Gasteiger partial charge in [-0.1, -0.05) is 25.5 Å². The summed E-state index contributed by atoms with van der Waals surface area (Å²) in [5, 5.41) is -0.275. The fraction of sp³-hybridized carbons (Fsp3) is 0.652. The van der Waals surface area contributed by atoms with Crippen LogP contribution in [0.3, 0.4) is 0 Å². The lowest BCUT2D eigenvalue weighted by Crippen LogP contribution is -2.22. The number of ketones is 1. The number of hydrogen-bond acceptors (Lipinski definition) is 6. The van der Waals surface area contributed by atoms with Crippen molar-refractivity contribution in [2.24, 2.45) is 0 Å². The van der Waals surface area contributed by atoms with Crippen molar-refractivity contribution >= 4 is 23.5 Å². The van der Waals surface area contributed by atoms with Gasteiger partial charge in [0.15, 0.2) is 12.1 Å². The molecule has 0 N–H and O–H groups in total. The van der Waals surface area contributed by atoms with Crippen LogP contribution in [-0.2, 0) is 30.2 Å². The van der Waals surface area contributed by atoms with Crippen LogP contribution in [0.4, 0.5) is 0 Å². The number of Topliss-reactive ketones (excluding diaryl/α,β-unsaturated/α-hetero) is 1. The number of carbonyl (C=O) groups excluding carboxylic acids is 2. The molecule has 162 valence electrons. The van der Waals surface area contributed by atoms with E-state index < -0.39 is 5.97 Å². The highest BCUT2D eigenvalue weighted by Crippen LogP contribution is 2.25. The lowest BCUT2D eigenvalue weighted by atomic mass is 10.1. The minimum atomic E-state index is -0.424. The lowest BCUT2D eigenvalue weighted by molar-refractivity contribution is -0.162. The molecule has 0 bridgehead atoms. The van der Waals surface area contributed by atoms with Gasteiger partial charge in [0, 0.05) is 11.5 Å². The Kier molecular flexibility index (Phi) is 11.4. The number of aryl methyl sites for hydroxylation is 1. The van der Waals surface area contributed by atoms with Gasteiger partial charge in [0.25, 0.3) is 0 Å². The molecule has 2 atom stereocenters. The molecule has 1 aromatic rings. The van der Waals surface area contributed by atoms with Gasteiger partial charge < -0.3 is 14.2 Å². The second kappa shape index (κ2) is 13.8. The van der Waals surface area contributed by atoms with E-state index in [4.69, 9.17) is 14.2 Å². The van der Waals surface area contributed by atoms with Crippen molar-refractivity contribution in [1.82, 2.24) is 0 Å². The Morgan fingerprint density at radius 3 is 2.66 bits per heavy atom. The van der Waals surface area contributed by atoms with Crippen LogP contribution < -0.4 is 0 Å². The van der Waals surface area contributed by atoms with Crippen LogP contribution in [0.25, 0.3) is 0 Å². The summed E-state index contributed by atoms with van der Waals surface area (Å²) in [6, 6.07) is 8.26. The Bertz CT molecular complexity index is 610. The molecule has 6 heteroatoms. The van der Waals surface area contributed by atoms with Crippen LogP contribution in [0, 0.1) is 0 Å². The van der Waals surface area contributed by atoms with Gasteiger partial charge >= 0.3 is 5.97 Å². The topological polar surface area (TPSA) is 61.8 Å². The first-order valence-electron chi connectivity index (χ1n) is 10.8. The Labute approximate surface area is 178 Å². The first-order valence-corrected chi connectivity index (χ1v) is 11.6. The molecule has 2 rings (SSSR count). The van der Waals surface area contributed by atoms with Crippen LogP contribution >= 0.6 is 11.8 Å². The summed E-state index contributed by atoms with van der Waals surface area (Å²) >= 11 is 1.48. The predicted molar refractivity (Wildman–Crippen MR) is 115 cm³/mol. The molecular weight excluding hydrogens is 388 g/mol. The van der Waals surface area contributed by atoms with Gasteiger partial charge in [-0.2, -0.15) is 0 Å². The molecule has 5 nitrogen and oxygen atoms in total. The van der Waals surface area contributed by atoms with Crippen LogP contribution in [0.5, 0.6) is 0 Å². The third kappa shape index (κ3) is 9.79. The monoisotopic (exact) mass is 422 g/mol. The van der Waals surface area contributed by atoms with Crippen LogP contribution in [0.2, 0.25) is 0 Å². The van der Waals surface area contributed by atoms with E-state index in [0.717, 1.165) is 50.0 Å². The molecule has 0 aliphatic carbocycles. The second-order valence-corrected chi connectivity index (χ2v) is 8.81. The van der Waals surface area contributed by atoms with Gasteiger partial charge in [-0.3, -0.25) is 9.59 Å². The molecular formula is C23H34O5S. The summed E-state index contributed by atoms with van der Waals surface area (Å²) in [6.45, 7) is 5.78. The lowest BCUT2D eigenvalue weighted by Gasteiger charge is -2.22. The third-order valence-corrected chi connectivity index (χ3v) is 5.98. The fourth-order valence-electron chi connectivity index (χ4n) is 3.01. The predicted octanol–water partition coefficient (Wildman–Crippen LogP) is 4.95. The summed E-state index contributed by atoms with van der Waals surface area (Å²) in [5.41, 5.74) is 1.25. The highest BCUT2D eigenvalue weighted by atomic mass is 32.2.